The number of pyridine rings is 1. The van der Waals surface area contributed by atoms with E-state index in [0.717, 1.165) is 10.9 Å². The average Bonchev–Trinajstić information content (AvgIpc) is 2.34. The van der Waals surface area contributed by atoms with Gasteiger partial charge in [0.05, 0.1) is 5.52 Å². The molecule has 0 fully saturated rings. The maximum absolute atomic E-state index is 12.6. The van der Waals surface area contributed by atoms with Gasteiger partial charge in [-0.1, -0.05) is 26.0 Å². The molecule has 0 spiro atoms. The number of nitrogens with zero attached hydrogens (tertiary/aromatic N) is 1. The summed E-state index contributed by atoms with van der Waals surface area (Å²) in [5.41, 5.74) is 1.10. The largest absolute Gasteiger partial charge is 0.255 e. The van der Waals surface area contributed by atoms with Crippen LogP contribution in [0.3, 0.4) is 0 Å². The molecule has 0 saturated heterocycles. The summed E-state index contributed by atoms with van der Waals surface area (Å²) >= 11 is 0. The highest BCUT2D eigenvalue weighted by molar-refractivity contribution is 7.89. The Kier molecular flexibility index (Phi) is 4.08. The maximum atomic E-state index is 12.6. The van der Waals surface area contributed by atoms with Crippen molar-refractivity contribution in [1.82, 2.24) is 9.71 Å². The summed E-state index contributed by atoms with van der Waals surface area (Å²) in [7, 11) is -3.60. The lowest BCUT2D eigenvalue weighted by Crippen LogP contribution is -2.40. The molecule has 0 unspecified atom stereocenters. The molecule has 0 aliphatic rings. The minimum absolute atomic E-state index is 0.234. The van der Waals surface area contributed by atoms with Gasteiger partial charge in [-0.2, -0.15) is 0 Å². The van der Waals surface area contributed by atoms with Crippen LogP contribution in [0.4, 0.5) is 0 Å². The zero-order chi connectivity index (χ0) is 15.8. The Balaban J connectivity index is 2.70. The quantitative estimate of drug-likeness (QED) is 0.945. The van der Waals surface area contributed by atoms with Crippen LogP contribution in [-0.2, 0) is 10.0 Å². The van der Waals surface area contributed by atoms with E-state index in [1.165, 1.54) is 0 Å². The lowest BCUT2D eigenvalue weighted by Gasteiger charge is -2.21. The zero-order valence-electron chi connectivity index (χ0n) is 13.1. The van der Waals surface area contributed by atoms with Gasteiger partial charge in [-0.15, -0.1) is 0 Å². The first kappa shape index (κ1) is 15.9. The third-order valence-electron chi connectivity index (χ3n) is 3.12. The van der Waals surface area contributed by atoms with Crippen molar-refractivity contribution in [2.75, 3.05) is 0 Å². The molecule has 0 aliphatic carbocycles. The van der Waals surface area contributed by atoms with Crippen LogP contribution in [0, 0.1) is 0 Å². The number of hydrogen-bond donors (Lipinski definition) is 1. The predicted octanol–water partition coefficient (Wildman–Crippen LogP) is 3.44. The van der Waals surface area contributed by atoms with E-state index in [0.29, 0.717) is 11.4 Å². The van der Waals surface area contributed by atoms with Crippen LogP contribution in [-0.4, -0.2) is 18.9 Å². The van der Waals surface area contributed by atoms with Crippen LogP contribution < -0.4 is 4.72 Å². The van der Waals surface area contributed by atoms with Gasteiger partial charge in [0.25, 0.3) is 0 Å². The minimum atomic E-state index is -3.60. The Morgan fingerprint density at radius 2 is 1.81 bits per heavy atom. The van der Waals surface area contributed by atoms with E-state index in [1.54, 1.807) is 12.3 Å². The molecule has 0 radical (unpaired) electrons. The standard InChI is InChI=1S/C16H22N2O2S/c1-11(2)12-8-9-14(15-13(12)7-6-10-17-15)21(19,20)18-16(3,4)5/h6-11,18H,1-5H3. The first-order chi connectivity index (χ1) is 9.62. The van der Waals surface area contributed by atoms with Gasteiger partial charge in [0.1, 0.15) is 4.90 Å². The number of benzene rings is 1. The van der Waals surface area contributed by atoms with E-state index in [2.05, 4.69) is 23.6 Å². The molecule has 2 aromatic rings. The maximum Gasteiger partial charge on any atom is 0.243 e. The first-order valence-corrected chi connectivity index (χ1v) is 8.52. The van der Waals surface area contributed by atoms with Crippen LogP contribution >= 0.6 is 0 Å². The second kappa shape index (κ2) is 5.39. The third kappa shape index (κ3) is 3.41. The van der Waals surface area contributed by atoms with Gasteiger partial charge in [-0.25, -0.2) is 13.1 Å². The van der Waals surface area contributed by atoms with E-state index in [1.807, 2.05) is 39.0 Å². The Morgan fingerprint density at radius 1 is 1.14 bits per heavy atom. The molecular formula is C16H22N2O2S. The van der Waals surface area contributed by atoms with Crippen molar-refractivity contribution in [2.45, 2.75) is 51.0 Å². The summed E-state index contributed by atoms with van der Waals surface area (Å²) in [4.78, 5) is 4.54. The highest BCUT2D eigenvalue weighted by Gasteiger charge is 2.25. The fraction of sp³-hybridized carbons (Fsp3) is 0.438. The molecular weight excluding hydrogens is 284 g/mol. The van der Waals surface area contributed by atoms with Crippen molar-refractivity contribution >= 4 is 20.9 Å². The smallest absolute Gasteiger partial charge is 0.243 e. The van der Waals surface area contributed by atoms with E-state index in [4.69, 9.17) is 0 Å². The van der Waals surface area contributed by atoms with Crippen molar-refractivity contribution < 1.29 is 8.42 Å². The van der Waals surface area contributed by atoms with Crippen LogP contribution in [0.5, 0.6) is 0 Å². The Bertz CT molecular complexity index is 759. The van der Waals surface area contributed by atoms with Gasteiger partial charge in [0.2, 0.25) is 10.0 Å². The molecule has 4 nitrogen and oxygen atoms in total. The van der Waals surface area contributed by atoms with Gasteiger partial charge in [-0.05, 0) is 44.4 Å². The predicted molar refractivity (Wildman–Crippen MR) is 85.9 cm³/mol. The Hall–Kier alpha value is -1.46. The highest BCUT2D eigenvalue weighted by atomic mass is 32.2. The molecule has 1 aromatic heterocycles. The second-order valence-electron chi connectivity index (χ2n) is 6.56. The normalized spacial score (nSPS) is 13.0. The van der Waals surface area contributed by atoms with Gasteiger partial charge in [-0.3, -0.25) is 4.98 Å². The van der Waals surface area contributed by atoms with Gasteiger partial charge in [0, 0.05) is 17.1 Å². The molecule has 0 saturated carbocycles. The molecule has 0 atom stereocenters. The van der Waals surface area contributed by atoms with Crippen molar-refractivity contribution in [1.29, 1.82) is 0 Å². The molecule has 0 aliphatic heterocycles. The summed E-state index contributed by atoms with van der Waals surface area (Å²) in [6.45, 7) is 9.64. The van der Waals surface area contributed by atoms with Crippen LogP contribution in [0.15, 0.2) is 35.4 Å². The van der Waals surface area contributed by atoms with E-state index in [-0.39, 0.29) is 4.90 Å². The zero-order valence-corrected chi connectivity index (χ0v) is 14.0. The molecule has 21 heavy (non-hydrogen) atoms. The Morgan fingerprint density at radius 3 is 2.38 bits per heavy atom. The monoisotopic (exact) mass is 306 g/mol. The van der Waals surface area contributed by atoms with Gasteiger partial charge in [0.15, 0.2) is 0 Å². The Labute approximate surface area is 126 Å². The summed E-state index contributed by atoms with van der Waals surface area (Å²) in [5.74, 6) is 0.309. The number of aromatic nitrogens is 1. The lowest BCUT2D eigenvalue weighted by atomic mass is 9.98. The molecule has 2 rings (SSSR count). The minimum Gasteiger partial charge on any atom is -0.255 e. The molecule has 0 bridgehead atoms. The molecule has 114 valence electrons. The number of nitrogens with one attached hydrogen (secondary N) is 1. The highest BCUT2D eigenvalue weighted by Crippen LogP contribution is 2.29. The summed E-state index contributed by atoms with van der Waals surface area (Å²) in [6, 6.07) is 7.29. The SMILES string of the molecule is CC(C)c1ccc(S(=O)(=O)NC(C)(C)C)c2ncccc12. The van der Waals surface area contributed by atoms with Crippen molar-refractivity contribution in [3.63, 3.8) is 0 Å². The van der Waals surface area contributed by atoms with Gasteiger partial charge >= 0.3 is 0 Å². The molecule has 1 N–H and O–H groups in total. The number of sulfonamides is 1. The van der Waals surface area contributed by atoms with E-state index in [9.17, 15) is 8.42 Å². The third-order valence-corrected chi connectivity index (χ3v) is 4.91. The van der Waals surface area contributed by atoms with Crippen molar-refractivity contribution in [3.8, 4) is 0 Å². The average molecular weight is 306 g/mol. The summed E-state index contributed by atoms with van der Waals surface area (Å²) in [6.07, 6.45) is 1.63. The molecule has 1 aromatic carbocycles. The number of fused-ring (bicyclic) bond motifs is 1. The molecule has 5 heteroatoms. The van der Waals surface area contributed by atoms with Crippen LogP contribution in [0.25, 0.3) is 10.9 Å². The molecule has 0 amide bonds. The van der Waals surface area contributed by atoms with E-state index < -0.39 is 15.6 Å². The van der Waals surface area contributed by atoms with Crippen molar-refractivity contribution in [2.24, 2.45) is 0 Å². The van der Waals surface area contributed by atoms with E-state index >= 15 is 0 Å². The lowest BCUT2D eigenvalue weighted by molar-refractivity contribution is 0.492. The first-order valence-electron chi connectivity index (χ1n) is 7.03. The van der Waals surface area contributed by atoms with Crippen LogP contribution in [0.2, 0.25) is 0 Å². The summed E-state index contributed by atoms with van der Waals surface area (Å²) < 4.78 is 27.9. The van der Waals surface area contributed by atoms with Crippen molar-refractivity contribution in [3.05, 3.63) is 36.0 Å². The molecule has 1 heterocycles. The number of hydrogen-bond acceptors (Lipinski definition) is 3. The summed E-state index contributed by atoms with van der Waals surface area (Å²) in [5, 5.41) is 0.893. The second-order valence-corrected chi connectivity index (χ2v) is 8.21. The fourth-order valence-corrected chi connectivity index (χ4v) is 3.93. The topological polar surface area (TPSA) is 59.1 Å². The van der Waals surface area contributed by atoms with Gasteiger partial charge < -0.3 is 0 Å². The van der Waals surface area contributed by atoms with Crippen LogP contribution in [0.1, 0.15) is 46.1 Å². The number of rotatable bonds is 3. The fourth-order valence-electron chi connectivity index (χ4n) is 2.35.